The molecule has 0 spiro atoms. The first kappa shape index (κ1) is 13.4. The molecule has 2 aliphatic carbocycles. The molecule has 1 amide bonds. The highest BCUT2D eigenvalue weighted by Crippen LogP contribution is 2.39. The molecule has 0 heterocycles. The zero-order valence-electron chi connectivity index (χ0n) is 10.9. The van der Waals surface area contributed by atoms with Crippen molar-refractivity contribution in [1.82, 2.24) is 5.32 Å². The van der Waals surface area contributed by atoms with Gasteiger partial charge >= 0.3 is 5.97 Å². The number of carbonyl (C=O) groups is 2. The zero-order valence-corrected chi connectivity index (χ0v) is 10.9. The molecule has 102 valence electrons. The van der Waals surface area contributed by atoms with Crippen molar-refractivity contribution in [3.05, 3.63) is 0 Å². The van der Waals surface area contributed by atoms with E-state index in [0.717, 1.165) is 25.7 Å². The van der Waals surface area contributed by atoms with Gasteiger partial charge in [0.1, 0.15) is 0 Å². The third kappa shape index (κ3) is 4.00. The fourth-order valence-corrected chi connectivity index (χ4v) is 2.98. The number of aliphatic carboxylic acids is 1. The van der Waals surface area contributed by atoms with Gasteiger partial charge in [0, 0.05) is 13.0 Å². The van der Waals surface area contributed by atoms with Crippen LogP contribution in [0.1, 0.15) is 57.8 Å². The standard InChI is InChI=1S/C14H23NO3/c16-12(8-11-4-5-11)15-10-14(9-13(17)18)6-2-1-3-7-14/h11H,1-10H2,(H,15,16)(H,17,18). The van der Waals surface area contributed by atoms with Crippen LogP contribution in [0.25, 0.3) is 0 Å². The smallest absolute Gasteiger partial charge is 0.303 e. The number of carboxylic acid groups (broad SMARTS) is 1. The summed E-state index contributed by atoms with van der Waals surface area (Å²) >= 11 is 0. The van der Waals surface area contributed by atoms with Crippen molar-refractivity contribution < 1.29 is 14.7 Å². The molecule has 0 unspecified atom stereocenters. The Morgan fingerprint density at radius 1 is 1.17 bits per heavy atom. The van der Waals surface area contributed by atoms with Crippen molar-refractivity contribution in [2.75, 3.05) is 6.54 Å². The number of nitrogens with one attached hydrogen (secondary N) is 1. The molecule has 0 atom stereocenters. The van der Waals surface area contributed by atoms with Crippen LogP contribution >= 0.6 is 0 Å². The zero-order chi connectivity index (χ0) is 13.0. The molecular weight excluding hydrogens is 230 g/mol. The molecule has 2 N–H and O–H groups in total. The minimum Gasteiger partial charge on any atom is -0.481 e. The van der Waals surface area contributed by atoms with Crippen LogP contribution < -0.4 is 5.32 Å². The van der Waals surface area contributed by atoms with Crippen LogP contribution in [0.15, 0.2) is 0 Å². The van der Waals surface area contributed by atoms with E-state index >= 15 is 0 Å². The molecule has 18 heavy (non-hydrogen) atoms. The van der Waals surface area contributed by atoms with E-state index in [1.54, 1.807) is 0 Å². The van der Waals surface area contributed by atoms with Gasteiger partial charge in [-0.2, -0.15) is 0 Å². The van der Waals surface area contributed by atoms with Crippen molar-refractivity contribution in [3.8, 4) is 0 Å². The topological polar surface area (TPSA) is 66.4 Å². The van der Waals surface area contributed by atoms with Gasteiger partial charge in [0.2, 0.25) is 5.91 Å². The largest absolute Gasteiger partial charge is 0.481 e. The van der Waals surface area contributed by atoms with E-state index in [1.165, 1.54) is 19.3 Å². The van der Waals surface area contributed by atoms with Gasteiger partial charge < -0.3 is 10.4 Å². The summed E-state index contributed by atoms with van der Waals surface area (Å²) in [6, 6.07) is 0. The van der Waals surface area contributed by atoms with Gasteiger partial charge in [-0.15, -0.1) is 0 Å². The van der Waals surface area contributed by atoms with Crippen LogP contribution in [0.2, 0.25) is 0 Å². The Kier molecular flexibility index (Phi) is 4.25. The highest BCUT2D eigenvalue weighted by Gasteiger charge is 2.35. The number of carbonyl (C=O) groups excluding carboxylic acids is 1. The van der Waals surface area contributed by atoms with Gasteiger partial charge in [-0.25, -0.2) is 0 Å². The number of carboxylic acids is 1. The summed E-state index contributed by atoms with van der Waals surface area (Å²) in [7, 11) is 0. The van der Waals surface area contributed by atoms with Crippen LogP contribution in [0.4, 0.5) is 0 Å². The lowest BCUT2D eigenvalue weighted by Crippen LogP contribution is -2.40. The molecule has 2 fully saturated rings. The molecule has 0 bridgehead atoms. The molecular formula is C14H23NO3. The van der Waals surface area contributed by atoms with E-state index in [9.17, 15) is 9.59 Å². The van der Waals surface area contributed by atoms with E-state index in [4.69, 9.17) is 5.11 Å². The summed E-state index contributed by atoms with van der Waals surface area (Å²) in [6.07, 6.45) is 8.40. The summed E-state index contributed by atoms with van der Waals surface area (Å²) in [5, 5.41) is 12.0. The summed E-state index contributed by atoms with van der Waals surface area (Å²) in [4.78, 5) is 22.7. The molecule has 0 radical (unpaired) electrons. The summed E-state index contributed by atoms with van der Waals surface area (Å²) in [5.41, 5.74) is -0.191. The van der Waals surface area contributed by atoms with Gasteiger partial charge in [-0.05, 0) is 37.0 Å². The number of amides is 1. The first-order chi connectivity index (χ1) is 8.60. The fraction of sp³-hybridized carbons (Fsp3) is 0.857. The van der Waals surface area contributed by atoms with Crippen LogP contribution in [-0.2, 0) is 9.59 Å². The normalized spacial score (nSPS) is 22.4. The minimum absolute atomic E-state index is 0.104. The summed E-state index contributed by atoms with van der Waals surface area (Å²) in [5.74, 6) is -0.0482. The van der Waals surface area contributed by atoms with Crippen LogP contribution in [0.3, 0.4) is 0 Å². The highest BCUT2D eigenvalue weighted by molar-refractivity contribution is 5.76. The Bertz CT molecular complexity index is 317. The van der Waals surface area contributed by atoms with Crippen molar-refractivity contribution in [2.45, 2.75) is 57.8 Å². The van der Waals surface area contributed by atoms with E-state index in [-0.39, 0.29) is 17.7 Å². The Morgan fingerprint density at radius 2 is 1.83 bits per heavy atom. The van der Waals surface area contributed by atoms with E-state index < -0.39 is 5.97 Å². The SMILES string of the molecule is O=C(O)CC1(CNC(=O)CC2CC2)CCCCC1. The lowest BCUT2D eigenvalue weighted by molar-refractivity contribution is -0.140. The molecule has 0 aliphatic heterocycles. The second kappa shape index (κ2) is 5.72. The molecule has 0 aromatic heterocycles. The van der Waals surface area contributed by atoms with Gasteiger partial charge in [-0.3, -0.25) is 9.59 Å². The van der Waals surface area contributed by atoms with Crippen molar-refractivity contribution in [2.24, 2.45) is 11.3 Å². The summed E-state index contributed by atoms with van der Waals surface area (Å²) < 4.78 is 0. The minimum atomic E-state index is -0.742. The van der Waals surface area contributed by atoms with E-state index in [1.807, 2.05) is 0 Å². The van der Waals surface area contributed by atoms with Gasteiger partial charge in [-0.1, -0.05) is 19.3 Å². The Hall–Kier alpha value is -1.06. The maximum atomic E-state index is 11.7. The third-order valence-corrected chi connectivity index (χ3v) is 4.27. The maximum absolute atomic E-state index is 11.7. The molecule has 0 aromatic carbocycles. The Labute approximate surface area is 108 Å². The molecule has 4 heteroatoms. The van der Waals surface area contributed by atoms with Gasteiger partial charge in [0.25, 0.3) is 0 Å². The predicted octanol–water partition coefficient (Wildman–Crippen LogP) is 2.33. The first-order valence-corrected chi connectivity index (χ1v) is 7.08. The Balaban J connectivity index is 1.83. The van der Waals surface area contributed by atoms with Crippen LogP contribution in [0, 0.1) is 11.3 Å². The molecule has 2 aliphatic rings. The second-order valence-corrected chi connectivity index (χ2v) is 6.06. The highest BCUT2D eigenvalue weighted by atomic mass is 16.4. The molecule has 0 saturated heterocycles. The lowest BCUT2D eigenvalue weighted by Gasteiger charge is -2.36. The van der Waals surface area contributed by atoms with Gasteiger partial charge in [0.05, 0.1) is 6.42 Å². The molecule has 0 aromatic rings. The van der Waals surface area contributed by atoms with Gasteiger partial charge in [0.15, 0.2) is 0 Å². The van der Waals surface area contributed by atoms with Crippen molar-refractivity contribution in [1.29, 1.82) is 0 Å². The second-order valence-electron chi connectivity index (χ2n) is 6.06. The number of rotatable bonds is 6. The predicted molar refractivity (Wildman–Crippen MR) is 68.1 cm³/mol. The van der Waals surface area contributed by atoms with Crippen molar-refractivity contribution >= 4 is 11.9 Å². The fourth-order valence-electron chi connectivity index (χ4n) is 2.98. The van der Waals surface area contributed by atoms with E-state index in [2.05, 4.69) is 5.32 Å². The monoisotopic (exact) mass is 253 g/mol. The quantitative estimate of drug-likeness (QED) is 0.763. The lowest BCUT2D eigenvalue weighted by atomic mass is 9.71. The third-order valence-electron chi connectivity index (χ3n) is 4.27. The maximum Gasteiger partial charge on any atom is 0.303 e. The molecule has 2 rings (SSSR count). The summed E-state index contributed by atoms with van der Waals surface area (Å²) in [6.45, 7) is 0.546. The molecule has 2 saturated carbocycles. The van der Waals surface area contributed by atoms with Crippen molar-refractivity contribution in [3.63, 3.8) is 0 Å². The average molecular weight is 253 g/mol. The van der Waals surface area contributed by atoms with Crippen LogP contribution in [-0.4, -0.2) is 23.5 Å². The molecule has 4 nitrogen and oxygen atoms in total. The number of hydrogen-bond donors (Lipinski definition) is 2. The Morgan fingerprint density at radius 3 is 2.39 bits per heavy atom. The van der Waals surface area contributed by atoms with Crippen LogP contribution in [0.5, 0.6) is 0 Å². The first-order valence-electron chi connectivity index (χ1n) is 7.08. The average Bonchev–Trinajstić information content (AvgIpc) is 3.11. The van der Waals surface area contributed by atoms with E-state index in [0.29, 0.717) is 18.9 Å². The number of hydrogen-bond acceptors (Lipinski definition) is 2.